The zero-order valence-corrected chi connectivity index (χ0v) is 22.4. The summed E-state index contributed by atoms with van der Waals surface area (Å²) in [6.07, 6.45) is 5.87. The van der Waals surface area contributed by atoms with Gasteiger partial charge in [-0.2, -0.15) is 0 Å². The number of aliphatic carboxylic acids is 1. The molecule has 0 aliphatic rings. The second-order valence-corrected chi connectivity index (χ2v) is 9.12. The van der Waals surface area contributed by atoms with Gasteiger partial charge in [0.05, 0.1) is 19.3 Å². The third-order valence-corrected chi connectivity index (χ3v) is 6.14. The Hall–Kier alpha value is -4.33. The molecule has 206 valence electrons. The highest BCUT2D eigenvalue weighted by Gasteiger charge is 2.21. The fourth-order valence-corrected chi connectivity index (χ4v) is 3.86. The zero-order chi connectivity index (χ0) is 28.0. The summed E-state index contributed by atoms with van der Waals surface area (Å²) < 4.78 is 16.3. The van der Waals surface area contributed by atoms with E-state index < -0.39 is 23.9 Å². The number of ether oxygens (including phenoxy) is 3. The molecule has 0 radical (unpaired) electrons. The Balaban J connectivity index is 1.50. The molecule has 8 heteroatoms. The second-order valence-electron chi connectivity index (χ2n) is 9.12. The number of carboxylic acids is 1. The van der Waals surface area contributed by atoms with E-state index in [1.165, 1.54) is 26.4 Å². The molecule has 0 heterocycles. The first-order valence-electron chi connectivity index (χ1n) is 13.1. The number of rotatable bonds is 15. The van der Waals surface area contributed by atoms with Crippen LogP contribution >= 0.6 is 0 Å². The van der Waals surface area contributed by atoms with Gasteiger partial charge in [0.2, 0.25) is 0 Å². The molecule has 0 unspecified atom stereocenters. The van der Waals surface area contributed by atoms with Gasteiger partial charge in [0.25, 0.3) is 5.91 Å². The van der Waals surface area contributed by atoms with E-state index in [0.717, 1.165) is 12.8 Å². The van der Waals surface area contributed by atoms with Crippen molar-refractivity contribution in [1.82, 2.24) is 5.32 Å². The van der Waals surface area contributed by atoms with Crippen LogP contribution in [0.15, 0.2) is 72.8 Å². The van der Waals surface area contributed by atoms with E-state index in [-0.39, 0.29) is 6.42 Å². The van der Waals surface area contributed by atoms with Crippen molar-refractivity contribution in [1.29, 1.82) is 0 Å². The van der Waals surface area contributed by atoms with Gasteiger partial charge in [0.15, 0.2) is 0 Å². The minimum Gasteiger partial charge on any atom is -0.497 e. The van der Waals surface area contributed by atoms with Crippen LogP contribution in [0, 0.1) is 0 Å². The molecule has 39 heavy (non-hydrogen) atoms. The van der Waals surface area contributed by atoms with Crippen LogP contribution in [-0.4, -0.2) is 42.7 Å². The molecule has 0 aromatic heterocycles. The van der Waals surface area contributed by atoms with Crippen molar-refractivity contribution in [3.05, 3.63) is 89.5 Å². The number of esters is 1. The summed E-state index contributed by atoms with van der Waals surface area (Å²) in [5.74, 6) is -0.542. The number of hydrogen-bond acceptors (Lipinski definition) is 6. The fourth-order valence-electron chi connectivity index (χ4n) is 3.86. The van der Waals surface area contributed by atoms with Crippen molar-refractivity contribution in [2.45, 2.75) is 51.5 Å². The van der Waals surface area contributed by atoms with Crippen LogP contribution in [0.3, 0.4) is 0 Å². The van der Waals surface area contributed by atoms with Crippen LogP contribution < -0.4 is 19.5 Å². The highest BCUT2D eigenvalue weighted by Crippen LogP contribution is 2.18. The summed E-state index contributed by atoms with van der Waals surface area (Å²) >= 11 is 0. The standard InChI is InChI=1S/C31H35NO7/c1-3-4-5-6-7-20-38-26-18-12-24(13-19-26)31(36)39-27-14-8-22(9-15-27)21-28(30(34)35)32-29(33)23-10-16-25(37-2)17-11-23/h8-19,28H,3-7,20-21H2,1-2H3,(H,32,33)(H,34,35)/t28-/m1/s1. The van der Waals surface area contributed by atoms with Crippen LogP contribution in [0.1, 0.15) is 65.3 Å². The van der Waals surface area contributed by atoms with E-state index in [1.807, 2.05) is 0 Å². The van der Waals surface area contributed by atoms with Gasteiger partial charge in [-0.3, -0.25) is 4.79 Å². The molecule has 0 spiro atoms. The smallest absolute Gasteiger partial charge is 0.343 e. The molecule has 8 nitrogen and oxygen atoms in total. The SMILES string of the molecule is CCCCCCCOc1ccc(C(=O)Oc2ccc(C[C@@H](NC(=O)c3ccc(OC)cc3)C(=O)O)cc2)cc1. The molecule has 3 rings (SSSR count). The van der Waals surface area contributed by atoms with Gasteiger partial charge in [0, 0.05) is 12.0 Å². The molecule has 0 saturated carbocycles. The average molecular weight is 534 g/mol. The van der Waals surface area contributed by atoms with Crippen LogP contribution in [-0.2, 0) is 11.2 Å². The number of amides is 1. The van der Waals surface area contributed by atoms with E-state index in [9.17, 15) is 19.5 Å². The lowest BCUT2D eigenvalue weighted by Crippen LogP contribution is -2.42. The minimum atomic E-state index is -1.16. The maximum absolute atomic E-state index is 12.5. The predicted octanol–water partition coefficient (Wildman–Crippen LogP) is 5.69. The van der Waals surface area contributed by atoms with Crippen molar-refractivity contribution < 1.29 is 33.7 Å². The summed E-state index contributed by atoms with van der Waals surface area (Å²) in [4.78, 5) is 36.8. The molecule has 0 aliphatic heterocycles. The lowest BCUT2D eigenvalue weighted by Gasteiger charge is -2.15. The number of carbonyl (C=O) groups excluding carboxylic acids is 2. The van der Waals surface area contributed by atoms with Gasteiger partial charge in [-0.05, 0) is 72.6 Å². The number of unbranched alkanes of at least 4 members (excludes halogenated alkanes) is 4. The van der Waals surface area contributed by atoms with Crippen LogP contribution in [0.5, 0.6) is 17.2 Å². The van der Waals surface area contributed by atoms with Crippen LogP contribution in [0.2, 0.25) is 0 Å². The summed E-state index contributed by atoms with van der Waals surface area (Å²) in [5, 5.41) is 12.2. The van der Waals surface area contributed by atoms with Gasteiger partial charge in [-0.25, -0.2) is 9.59 Å². The number of carboxylic acid groups (broad SMARTS) is 1. The van der Waals surface area contributed by atoms with Gasteiger partial charge in [-0.1, -0.05) is 44.7 Å². The van der Waals surface area contributed by atoms with Crippen LogP contribution in [0.4, 0.5) is 0 Å². The first-order valence-corrected chi connectivity index (χ1v) is 13.1. The molecule has 0 saturated heterocycles. The molecular formula is C31H35NO7. The van der Waals surface area contributed by atoms with Crippen LogP contribution in [0.25, 0.3) is 0 Å². The Kier molecular flexibility index (Phi) is 11.4. The Morgan fingerprint density at radius 3 is 1.97 bits per heavy atom. The normalized spacial score (nSPS) is 11.3. The Labute approximate surface area is 228 Å². The molecule has 3 aromatic rings. The number of hydrogen-bond donors (Lipinski definition) is 2. The van der Waals surface area contributed by atoms with Gasteiger partial charge >= 0.3 is 11.9 Å². The lowest BCUT2D eigenvalue weighted by atomic mass is 10.1. The van der Waals surface area contributed by atoms with Crippen molar-refractivity contribution in [2.75, 3.05) is 13.7 Å². The predicted molar refractivity (Wildman–Crippen MR) is 148 cm³/mol. The lowest BCUT2D eigenvalue weighted by molar-refractivity contribution is -0.139. The number of nitrogens with one attached hydrogen (secondary N) is 1. The molecule has 0 fully saturated rings. The first kappa shape index (κ1) is 29.2. The van der Waals surface area contributed by atoms with E-state index >= 15 is 0 Å². The second kappa shape index (κ2) is 15.2. The molecule has 2 N–H and O–H groups in total. The molecule has 3 aromatic carbocycles. The molecular weight excluding hydrogens is 498 g/mol. The highest BCUT2D eigenvalue weighted by molar-refractivity contribution is 5.96. The first-order chi connectivity index (χ1) is 18.9. The molecule has 0 aliphatic carbocycles. The summed E-state index contributed by atoms with van der Waals surface area (Å²) in [5.41, 5.74) is 1.38. The van der Waals surface area contributed by atoms with Crippen molar-refractivity contribution in [2.24, 2.45) is 0 Å². The fraction of sp³-hybridized carbons (Fsp3) is 0.323. The van der Waals surface area contributed by atoms with E-state index in [0.29, 0.717) is 40.5 Å². The van der Waals surface area contributed by atoms with Gasteiger partial charge < -0.3 is 24.6 Å². The topological polar surface area (TPSA) is 111 Å². The zero-order valence-electron chi connectivity index (χ0n) is 22.4. The third kappa shape index (κ3) is 9.48. The van der Waals surface area contributed by atoms with E-state index in [4.69, 9.17) is 14.2 Å². The average Bonchev–Trinajstić information content (AvgIpc) is 2.95. The maximum atomic E-state index is 12.5. The molecule has 1 amide bonds. The number of benzene rings is 3. The van der Waals surface area contributed by atoms with Crippen molar-refractivity contribution >= 4 is 17.8 Å². The van der Waals surface area contributed by atoms with E-state index in [2.05, 4.69) is 12.2 Å². The summed E-state index contributed by atoms with van der Waals surface area (Å²) in [6, 6.07) is 18.6. The maximum Gasteiger partial charge on any atom is 0.343 e. The Morgan fingerprint density at radius 1 is 0.769 bits per heavy atom. The van der Waals surface area contributed by atoms with Crippen molar-refractivity contribution in [3.8, 4) is 17.2 Å². The quantitative estimate of drug-likeness (QED) is 0.147. The largest absolute Gasteiger partial charge is 0.497 e. The highest BCUT2D eigenvalue weighted by atomic mass is 16.5. The summed E-state index contributed by atoms with van der Waals surface area (Å²) in [7, 11) is 1.52. The van der Waals surface area contributed by atoms with Gasteiger partial charge in [0.1, 0.15) is 23.3 Å². The van der Waals surface area contributed by atoms with Crippen molar-refractivity contribution in [3.63, 3.8) is 0 Å². The van der Waals surface area contributed by atoms with Gasteiger partial charge in [-0.15, -0.1) is 0 Å². The Morgan fingerprint density at radius 2 is 1.36 bits per heavy atom. The summed E-state index contributed by atoms with van der Waals surface area (Å²) in [6.45, 7) is 2.83. The third-order valence-electron chi connectivity index (χ3n) is 6.14. The number of carbonyl (C=O) groups is 3. The number of methoxy groups -OCH3 is 1. The minimum absolute atomic E-state index is 0.0610. The molecule has 1 atom stereocenters. The monoisotopic (exact) mass is 533 g/mol. The Bertz CT molecular complexity index is 1210. The molecule has 0 bridgehead atoms. The van der Waals surface area contributed by atoms with E-state index in [1.54, 1.807) is 72.8 Å².